The standard InChI is InChI=1S/C23H28N2O4S/c1-28-20-11-10-16(14-21(20)29-17-6-2-3-7-17)24-23(27)19-9-4-12-25(19)22(26)15-18-8-5-13-30-18/h5,8,10-11,13-14,17,19H,2-4,6-7,9,12,15H2,1H3,(H,24,27). The molecule has 2 fully saturated rings. The zero-order valence-electron chi connectivity index (χ0n) is 17.3. The third-order valence-corrected chi connectivity index (χ3v) is 6.68. The molecular weight excluding hydrogens is 400 g/mol. The molecule has 1 aromatic carbocycles. The van der Waals surface area contributed by atoms with E-state index in [0.29, 0.717) is 36.6 Å². The Kier molecular flexibility index (Phi) is 6.57. The molecule has 1 aromatic heterocycles. The van der Waals surface area contributed by atoms with Crippen molar-refractivity contribution in [2.24, 2.45) is 0 Å². The summed E-state index contributed by atoms with van der Waals surface area (Å²) in [6, 6.07) is 8.91. The van der Waals surface area contributed by atoms with Crippen molar-refractivity contribution < 1.29 is 19.1 Å². The summed E-state index contributed by atoms with van der Waals surface area (Å²) in [6.07, 6.45) is 6.53. The average molecular weight is 429 g/mol. The molecule has 6 nitrogen and oxygen atoms in total. The van der Waals surface area contributed by atoms with E-state index in [4.69, 9.17) is 9.47 Å². The first-order valence-electron chi connectivity index (χ1n) is 10.6. The van der Waals surface area contributed by atoms with Gasteiger partial charge in [-0.2, -0.15) is 0 Å². The van der Waals surface area contributed by atoms with Crippen LogP contribution in [0.4, 0.5) is 5.69 Å². The first-order chi connectivity index (χ1) is 14.6. The van der Waals surface area contributed by atoms with Crippen LogP contribution >= 0.6 is 11.3 Å². The number of thiophene rings is 1. The van der Waals surface area contributed by atoms with Crippen molar-refractivity contribution in [2.45, 2.75) is 57.1 Å². The Morgan fingerprint density at radius 2 is 1.97 bits per heavy atom. The van der Waals surface area contributed by atoms with E-state index < -0.39 is 6.04 Å². The number of ether oxygens (including phenoxy) is 2. The molecule has 1 aliphatic heterocycles. The van der Waals surface area contributed by atoms with Crippen LogP contribution in [0.1, 0.15) is 43.4 Å². The van der Waals surface area contributed by atoms with Crippen LogP contribution in [0.5, 0.6) is 11.5 Å². The maximum Gasteiger partial charge on any atom is 0.247 e. The monoisotopic (exact) mass is 428 g/mol. The minimum atomic E-state index is -0.432. The topological polar surface area (TPSA) is 67.9 Å². The van der Waals surface area contributed by atoms with Gasteiger partial charge >= 0.3 is 0 Å². The first kappa shape index (κ1) is 20.7. The zero-order valence-corrected chi connectivity index (χ0v) is 18.1. The van der Waals surface area contributed by atoms with Crippen molar-refractivity contribution in [1.82, 2.24) is 4.90 Å². The number of carbonyl (C=O) groups is 2. The maximum atomic E-state index is 13.0. The van der Waals surface area contributed by atoms with E-state index in [9.17, 15) is 9.59 Å². The van der Waals surface area contributed by atoms with Gasteiger partial charge < -0.3 is 19.7 Å². The number of hydrogen-bond donors (Lipinski definition) is 1. The summed E-state index contributed by atoms with van der Waals surface area (Å²) >= 11 is 1.57. The quantitative estimate of drug-likeness (QED) is 0.716. The second kappa shape index (κ2) is 9.51. The van der Waals surface area contributed by atoms with Gasteiger partial charge in [-0.1, -0.05) is 6.07 Å². The number of nitrogens with zero attached hydrogens (tertiary/aromatic N) is 1. The Balaban J connectivity index is 1.42. The lowest BCUT2D eigenvalue weighted by atomic mass is 10.2. The summed E-state index contributed by atoms with van der Waals surface area (Å²) in [4.78, 5) is 28.4. The number of amides is 2. The molecule has 1 saturated carbocycles. The van der Waals surface area contributed by atoms with Crippen LogP contribution in [-0.2, 0) is 16.0 Å². The highest BCUT2D eigenvalue weighted by Gasteiger charge is 2.34. The Bertz CT molecular complexity index is 877. The van der Waals surface area contributed by atoms with E-state index in [-0.39, 0.29) is 17.9 Å². The lowest BCUT2D eigenvalue weighted by Crippen LogP contribution is -2.43. The molecule has 1 atom stereocenters. The van der Waals surface area contributed by atoms with Crippen LogP contribution in [0.3, 0.4) is 0 Å². The highest BCUT2D eigenvalue weighted by atomic mass is 32.1. The van der Waals surface area contributed by atoms with Crippen LogP contribution in [0.2, 0.25) is 0 Å². The summed E-state index contributed by atoms with van der Waals surface area (Å²) in [5.74, 6) is 1.17. The number of methoxy groups -OCH3 is 1. The Morgan fingerprint density at radius 3 is 2.70 bits per heavy atom. The van der Waals surface area contributed by atoms with E-state index in [1.807, 2.05) is 35.7 Å². The fourth-order valence-corrected chi connectivity index (χ4v) is 4.96. The number of carbonyl (C=O) groups excluding carboxylic acids is 2. The molecule has 7 heteroatoms. The molecule has 0 bridgehead atoms. The predicted octanol–water partition coefficient (Wildman–Crippen LogP) is 4.25. The molecule has 0 radical (unpaired) electrons. The summed E-state index contributed by atoms with van der Waals surface area (Å²) in [6.45, 7) is 0.626. The van der Waals surface area contributed by atoms with E-state index in [1.165, 1.54) is 12.8 Å². The summed E-state index contributed by atoms with van der Waals surface area (Å²) < 4.78 is 11.5. The van der Waals surface area contributed by atoms with Gasteiger partial charge in [-0.25, -0.2) is 0 Å². The molecule has 1 unspecified atom stereocenters. The second-order valence-corrected chi connectivity index (χ2v) is 8.91. The average Bonchev–Trinajstić information content (AvgIpc) is 3.51. The van der Waals surface area contributed by atoms with Crippen molar-refractivity contribution in [2.75, 3.05) is 19.0 Å². The minimum Gasteiger partial charge on any atom is -0.493 e. The Labute approximate surface area is 181 Å². The van der Waals surface area contributed by atoms with E-state index in [1.54, 1.807) is 23.3 Å². The third-order valence-electron chi connectivity index (χ3n) is 5.81. The van der Waals surface area contributed by atoms with Crippen LogP contribution in [0.15, 0.2) is 35.7 Å². The molecule has 2 aliphatic rings. The number of hydrogen-bond acceptors (Lipinski definition) is 5. The van der Waals surface area contributed by atoms with E-state index >= 15 is 0 Å². The number of anilines is 1. The molecule has 1 N–H and O–H groups in total. The molecule has 2 aromatic rings. The zero-order chi connectivity index (χ0) is 20.9. The smallest absolute Gasteiger partial charge is 0.247 e. The molecule has 2 amide bonds. The van der Waals surface area contributed by atoms with Crippen molar-refractivity contribution in [1.29, 1.82) is 0 Å². The van der Waals surface area contributed by atoms with Gasteiger partial charge in [-0.15, -0.1) is 11.3 Å². The molecule has 160 valence electrons. The lowest BCUT2D eigenvalue weighted by Gasteiger charge is -2.24. The van der Waals surface area contributed by atoms with Gasteiger partial charge in [0.2, 0.25) is 11.8 Å². The van der Waals surface area contributed by atoms with Crippen molar-refractivity contribution in [3.8, 4) is 11.5 Å². The first-order valence-corrected chi connectivity index (χ1v) is 11.5. The van der Waals surface area contributed by atoms with E-state index in [2.05, 4.69) is 5.32 Å². The fourth-order valence-electron chi connectivity index (χ4n) is 4.26. The van der Waals surface area contributed by atoms with Gasteiger partial charge in [0.1, 0.15) is 6.04 Å². The largest absolute Gasteiger partial charge is 0.493 e. The van der Waals surface area contributed by atoms with Crippen molar-refractivity contribution in [3.63, 3.8) is 0 Å². The van der Waals surface area contributed by atoms with Gasteiger partial charge in [0.15, 0.2) is 11.5 Å². The Morgan fingerprint density at radius 1 is 1.13 bits per heavy atom. The molecule has 4 rings (SSSR count). The molecule has 2 heterocycles. The summed E-state index contributed by atoms with van der Waals surface area (Å²) in [7, 11) is 1.62. The highest BCUT2D eigenvalue weighted by Crippen LogP contribution is 2.34. The fraction of sp³-hybridized carbons (Fsp3) is 0.478. The van der Waals surface area contributed by atoms with E-state index in [0.717, 1.165) is 24.1 Å². The number of nitrogens with one attached hydrogen (secondary N) is 1. The molecule has 0 spiro atoms. The van der Waals surface area contributed by atoms with Crippen LogP contribution in [-0.4, -0.2) is 42.5 Å². The summed E-state index contributed by atoms with van der Waals surface area (Å²) in [5, 5.41) is 4.94. The molecule has 30 heavy (non-hydrogen) atoms. The number of benzene rings is 1. The van der Waals surface area contributed by atoms with Crippen LogP contribution in [0, 0.1) is 0 Å². The molecule has 1 saturated heterocycles. The highest BCUT2D eigenvalue weighted by molar-refractivity contribution is 7.10. The van der Waals surface area contributed by atoms with Crippen LogP contribution < -0.4 is 14.8 Å². The van der Waals surface area contributed by atoms with Crippen LogP contribution in [0.25, 0.3) is 0 Å². The normalized spacial score (nSPS) is 19.1. The minimum absolute atomic E-state index is 0.00934. The van der Waals surface area contributed by atoms with Crippen molar-refractivity contribution in [3.05, 3.63) is 40.6 Å². The Hall–Kier alpha value is -2.54. The van der Waals surface area contributed by atoms with Gasteiger partial charge in [0.05, 0.1) is 19.6 Å². The van der Waals surface area contributed by atoms with Gasteiger partial charge in [-0.3, -0.25) is 9.59 Å². The predicted molar refractivity (Wildman–Crippen MR) is 117 cm³/mol. The summed E-state index contributed by atoms with van der Waals surface area (Å²) in [5.41, 5.74) is 0.659. The third kappa shape index (κ3) is 4.78. The number of rotatable bonds is 7. The van der Waals surface area contributed by atoms with Gasteiger partial charge in [0, 0.05) is 23.2 Å². The van der Waals surface area contributed by atoms with Gasteiger partial charge in [0.25, 0.3) is 0 Å². The maximum absolute atomic E-state index is 13.0. The SMILES string of the molecule is COc1ccc(NC(=O)C2CCCN2C(=O)Cc2cccs2)cc1OC1CCCC1. The number of likely N-dealkylation sites (tertiary alicyclic amines) is 1. The molecular formula is C23H28N2O4S. The second-order valence-electron chi connectivity index (χ2n) is 7.88. The van der Waals surface area contributed by atoms with Crippen molar-refractivity contribution >= 4 is 28.8 Å². The van der Waals surface area contributed by atoms with Gasteiger partial charge in [-0.05, 0) is 62.1 Å². The lowest BCUT2D eigenvalue weighted by molar-refractivity contribution is -0.136. The molecule has 1 aliphatic carbocycles.